The van der Waals surface area contributed by atoms with Gasteiger partial charge in [0, 0.05) is 10.2 Å². The first-order valence-corrected chi connectivity index (χ1v) is 18.6. The maximum Gasteiger partial charge on any atom is 0.0145 e. The van der Waals surface area contributed by atoms with Crippen LogP contribution in [0.15, 0.2) is 48.6 Å². The molecule has 0 heterocycles. The van der Waals surface area contributed by atoms with Crippen molar-refractivity contribution in [3.05, 3.63) is 48.6 Å². The third-order valence-electron chi connectivity index (χ3n) is 7.22. The summed E-state index contributed by atoms with van der Waals surface area (Å²) in [5, 5.41) is 1.16. The molecule has 0 aliphatic rings. The van der Waals surface area contributed by atoms with Crippen LogP contribution in [-0.2, 0) is 0 Å². The van der Waals surface area contributed by atoms with E-state index in [9.17, 15) is 0 Å². The van der Waals surface area contributed by atoms with Gasteiger partial charge in [-0.2, -0.15) is 0 Å². The van der Waals surface area contributed by atoms with Crippen molar-refractivity contribution >= 4 is 31.9 Å². The Bertz CT molecular complexity index is 546. The number of hydrogen-bond donors (Lipinski definition) is 0. The number of hydrogen-bond acceptors (Lipinski definition) is 0. The summed E-state index contributed by atoms with van der Waals surface area (Å²) < 4.78 is 0. The maximum atomic E-state index is 3.93. The predicted octanol–water partition coefficient (Wildman–Crippen LogP) is 14.1. The Labute approximate surface area is 256 Å². The monoisotopic (exact) mass is 654 g/mol. The summed E-state index contributed by atoms with van der Waals surface area (Å²) in [6.45, 7) is 2.27. The number of unbranched alkanes of at least 4 members (excludes halogenated alkanes) is 17. The molecule has 0 bridgehead atoms. The standard InChI is InChI=1S/C36H64Br2/c1-2-3-4-5-6-7-8-9-12-15-18-21-24-27-30-33-36(38)34-31-28-25-22-19-16-13-10-11-14-17-20-23-26-29-32-35-37/h6-7,9-12,16,19,36H,2-5,8,13-15,17-18,20-35H2,1H3. The summed E-state index contributed by atoms with van der Waals surface area (Å²) in [6.07, 6.45) is 52.2. The Balaban J connectivity index is 3.33. The Morgan fingerprint density at radius 2 is 0.763 bits per heavy atom. The highest BCUT2D eigenvalue weighted by Gasteiger charge is 2.03. The van der Waals surface area contributed by atoms with Gasteiger partial charge in [-0.25, -0.2) is 0 Å². The number of rotatable bonds is 30. The Hall–Kier alpha value is -0.0800. The maximum absolute atomic E-state index is 3.93. The Kier molecular flexibility index (Phi) is 34.9. The quantitative estimate of drug-likeness (QED) is 0.0410. The largest absolute Gasteiger partial charge is 0.0928 e. The van der Waals surface area contributed by atoms with E-state index in [-0.39, 0.29) is 0 Å². The van der Waals surface area contributed by atoms with E-state index in [1.54, 1.807) is 0 Å². The molecule has 0 saturated carbocycles. The minimum Gasteiger partial charge on any atom is -0.0928 e. The van der Waals surface area contributed by atoms with Gasteiger partial charge < -0.3 is 0 Å². The smallest absolute Gasteiger partial charge is 0.0145 e. The molecule has 0 aliphatic carbocycles. The molecule has 0 fully saturated rings. The van der Waals surface area contributed by atoms with Crippen molar-refractivity contribution in [2.75, 3.05) is 5.33 Å². The van der Waals surface area contributed by atoms with E-state index in [0.29, 0.717) is 0 Å². The van der Waals surface area contributed by atoms with Gasteiger partial charge in [-0.05, 0) is 83.5 Å². The van der Waals surface area contributed by atoms with E-state index in [2.05, 4.69) is 87.4 Å². The lowest BCUT2D eigenvalue weighted by atomic mass is 10.0. The third kappa shape index (κ3) is 33.9. The molecule has 0 nitrogen and oxygen atoms in total. The molecule has 38 heavy (non-hydrogen) atoms. The summed E-state index contributed by atoms with van der Waals surface area (Å²) in [4.78, 5) is 0.732. The van der Waals surface area contributed by atoms with Gasteiger partial charge in [-0.1, -0.05) is 164 Å². The predicted molar refractivity (Wildman–Crippen MR) is 184 cm³/mol. The number of allylic oxidation sites excluding steroid dienone is 8. The van der Waals surface area contributed by atoms with Crippen LogP contribution < -0.4 is 0 Å². The molecule has 1 unspecified atom stereocenters. The summed E-state index contributed by atoms with van der Waals surface area (Å²) in [7, 11) is 0. The highest BCUT2D eigenvalue weighted by molar-refractivity contribution is 9.09. The second-order valence-electron chi connectivity index (χ2n) is 11.0. The van der Waals surface area contributed by atoms with Crippen molar-refractivity contribution in [1.82, 2.24) is 0 Å². The molecule has 0 rings (SSSR count). The average molecular weight is 657 g/mol. The normalized spacial score (nSPS) is 13.2. The van der Waals surface area contributed by atoms with Gasteiger partial charge >= 0.3 is 0 Å². The molecular formula is C36H64Br2. The molecule has 0 aromatic rings. The van der Waals surface area contributed by atoms with Crippen molar-refractivity contribution in [2.24, 2.45) is 0 Å². The average Bonchev–Trinajstić information content (AvgIpc) is 2.92. The van der Waals surface area contributed by atoms with Crippen LogP contribution in [0.3, 0.4) is 0 Å². The second-order valence-corrected chi connectivity index (χ2v) is 13.1. The van der Waals surface area contributed by atoms with Crippen molar-refractivity contribution < 1.29 is 0 Å². The van der Waals surface area contributed by atoms with Crippen molar-refractivity contribution in [2.45, 2.75) is 172 Å². The molecule has 0 saturated heterocycles. The zero-order valence-corrected chi connectivity index (χ0v) is 28.5. The zero-order valence-electron chi connectivity index (χ0n) is 25.3. The molecule has 0 aliphatic heterocycles. The van der Waals surface area contributed by atoms with Crippen molar-refractivity contribution in [1.29, 1.82) is 0 Å². The molecule has 0 N–H and O–H groups in total. The minimum atomic E-state index is 0.732. The lowest BCUT2D eigenvalue weighted by Gasteiger charge is -2.09. The van der Waals surface area contributed by atoms with Crippen molar-refractivity contribution in [3.63, 3.8) is 0 Å². The summed E-state index contributed by atoms with van der Waals surface area (Å²) in [5.74, 6) is 0. The van der Waals surface area contributed by atoms with Crippen LogP contribution in [0.1, 0.15) is 167 Å². The Morgan fingerprint density at radius 3 is 1.18 bits per heavy atom. The lowest BCUT2D eigenvalue weighted by Crippen LogP contribution is -1.97. The first-order valence-electron chi connectivity index (χ1n) is 16.6. The summed E-state index contributed by atoms with van der Waals surface area (Å²) in [5.41, 5.74) is 0. The highest BCUT2D eigenvalue weighted by atomic mass is 79.9. The minimum absolute atomic E-state index is 0.732. The van der Waals surface area contributed by atoms with E-state index < -0.39 is 0 Å². The molecule has 0 spiro atoms. The van der Waals surface area contributed by atoms with Gasteiger partial charge in [0.05, 0.1) is 0 Å². The Morgan fingerprint density at radius 1 is 0.421 bits per heavy atom. The van der Waals surface area contributed by atoms with Gasteiger partial charge in [-0.15, -0.1) is 0 Å². The molecular weight excluding hydrogens is 592 g/mol. The molecule has 0 aromatic heterocycles. The SMILES string of the molecule is CCCCCC=CCC=CCCCCCCCC(Br)CCCCCC=CCC=CCCCCCCCCBr. The van der Waals surface area contributed by atoms with Crippen LogP contribution in [-0.4, -0.2) is 10.2 Å². The fourth-order valence-electron chi connectivity index (χ4n) is 4.70. The van der Waals surface area contributed by atoms with Crippen LogP contribution in [0.4, 0.5) is 0 Å². The number of halogens is 2. The van der Waals surface area contributed by atoms with E-state index in [4.69, 9.17) is 0 Å². The molecule has 1 atom stereocenters. The first kappa shape index (κ1) is 37.9. The van der Waals surface area contributed by atoms with Crippen molar-refractivity contribution in [3.8, 4) is 0 Å². The molecule has 0 aromatic carbocycles. The van der Waals surface area contributed by atoms with Gasteiger partial charge in [0.25, 0.3) is 0 Å². The van der Waals surface area contributed by atoms with Gasteiger partial charge in [0.15, 0.2) is 0 Å². The van der Waals surface area contributed by atoms with E-state index in [1.165, 1.54) is 148 Å². The van der Waals surface area contributed by atoms with Crippen LogP contribution in [0.2, 0.25) is 0 Å². The fourth-order valence-corrected chi connectivity index (χ4v) is 5.74. The van der Waals surface area contributed by atoms with E-state index in [0.717, 1.165) is 23.0 Å². The van der Waals surface area contributed by atoms with Gasteiger partial charge in [-0.3, -0.25) is 0 Å². The fraction of sp³-hybridized carbons (Fsp3) is 0.778. The molecule has 0 radical (unpaired) electrons. The molecule has 222 valence electrons. The third-order valence-corrected chi connectivity index (χ3v) is 8.69. The summed E-state index contributed by atoms with van der Waals surface area (Å²) >= 11 is 7.43. The van der Waals surface area contributed by atoms with E-state index in [1.807, 2.05) is 0 Å². The van der Waals surface area contributed by atoms with Crippen LogP contribution in [0, 0.1) is 0 Å². The van der Waals surface area contributed by atoms with Crippen LogP contribution in [0.25, 0.3) is 0 Å². The molecule has 0 amide bonds. The van der Waals surface area contributed by atoms with E-state index >= 15 is 0 Å². The second kappa shape index (κ2) is 34.9. The van der Waals surface area contributed by atoms with Gasteiger partial charge in [0.2, 0.25) is 0 Å². The zero-order chi connectivity index (χ0) is 27.6. The topological polar surface area (TPSA) is 0 Å². The van der Waals surface area contributed by atoms with Crippen LogP contribution >= 0.6 is 31.9 Å². The van der Waals surface area contributed by atoms with Gasteiger partial charge in [0.1, 0.15) is 0 Å². The number of alkyl halides is 2. The first-order chi connectivity index (χ1) is 18.8. The molecule has 2 heteroatoms. The summed E-state index contributed by atoms with van der Waals surface area (Å²) in [6, 6.07) is 0. The lowest BCUT2D eigenvalue weighted by molar-refractivity contribution is 0.560. The highest BCUT2D eigenvalue weighted by Crippen LogP contribution is 2.19. The van der Waals surface area contributed by atoms with Crippen LogP contribution in [0.5, 0.6) is 0 Å².